The standard InChI is InChI=1S/C17H24N2O2/c1-19-10-7-17(8-11-19)9-12-21-13-15(17)18-16(20)14-5-3-2-4-6-14/h2-6,15H,7-13H2,1H3,(H,18,20)/t15-/m0/s1. The van der Waals surface area contributed by atoms with Crippen LogP contribution < -0.4 is 5.32 Å². The van der Waals surface area contributed by atoms with Gasteiger partial charge in [0.1, 0.15) is 0 Å². The van der Waals surface area contributed by atoms with Crippen molar-refractivity contribution in [3.05, 3.63) is 35.9 Å². The number of hydrogen-bond acceptors (Lipinski definition) is 3. The summed E-state index contributed by atoms with van der Waals surface area (Å²) < 4.78 is 5.64. The number of carbonyl (C=O) groups is 1. The van der Waals surface area contributed by atoms with Gasteiger partial charge in [0.25, 0.3) is 5.91 Å². The summed E-state index contributed by atoms with van der Waals surface area (Å²) in [6.45, 7) is 3.68. The highest BCUT2D eigenvalue weighted by molar-refractivity contribution is 5.94. The Hall–Kier alpha value is -1.39. The van der Waals surface area contributed by atoms with E-state index in [-0.39, 0.29) is 17.4 Å². The van der Waals surface area contributed by atoms with E-state index in [2.05, 4.69) is 17.3 Å². The first-order chi connectivity index (χ1) is 10.2. The highest BCUT2D eigenvalue weighted by Crippen LogP contribution is 2.40. The lowest BCUT2D eigenvalue weighted by atomic mass is 9.69. The van der Waals surface area contributed by atoms with Crippen molar-refractivity contribution < 1.29 is 9.53 Å². The molecule has 0 aliphatic carbocycles. The van der Waals surface area contributed by atoms with Crippen LogP contribution in [-0.2, 0) is 4.74 Å². The fraction of sp³-hybridized carbons (Fsp3) is 0.588. The third-order valence-electron chi connectivity index (χ3n) is 5.09. The zero-order chi connectivity index (χ0) is 14.7. The van der Waals surface area contributed by atoms with Crippen LogP contribution in [0.25, 0.3) is 0 Å². The Morgan fingerprint density at radius 3 is 2.67 bits per heavy atom. The molecule has 4 heteroatoms. The summed E-state index contributed by atoms with van der Waals surface area (Å²) in [5, 5.41) is 3.23. The molecule has 21 heavy (non-hydrogen) atoms. The third-order valence-corrected chi connectivity index (χ3v) is 5.09. The van der Waals surface area contributed by atoms with Gasteiger partial charge in [0, 0.05) is 12.2 Å². The van der Waals surface area contributed by atoms with Crippen molar-refractivity contribution in [2.45, 2.75) is 25.3 Å². The van der Waals surface area contributed by atoms with Crippen LogP contribution in [0.5, 0.6) is 0 Å². The Labute approximate surface area is 126 Å². The number of nitrogens with zero attached hydrogens (tertiary/aromatic N) is 1. The van der Waals surface area contributed by atoms with Gasteiger partial charge in [-0.25, -0.2) is 0 Å². The summed E-state index contributed by atoms with van der Waals surface area (Å²) in [7, 11) is 2.17. The highest BCUT2D eigenvalue weighted by atomic mass is 16.5. The van der Waals surface area contributed by atoms with E-state index in [1.54, 1.807) is 0 Å². The van der Waals surface area contributed by atoms with Crippen LogP contribution in [0, 0.1) is 5.41 Å². The highest BCUT2D eigenvalue weighted by Gasteiger charge is 2.43. The van der Waals surface area contributed by atoms with Crippen LogP contribution in [0.4, 0.5) is 0 Å². The molecule has 0 saturated carbocycles. The van der Waals surface area contributed by atoms with Gasteiger partial charge in [-0.15, -0.1) is 0 Å². The molecule has 1 N–H and O–H groups in total. The van der Waals surface area contributed by atoms with Gasteiger partial charge >= 0.3 is 0 Å². The smallest absolute Gasteiger partial charge is 0.251 e. The number of likely N-dealkylation sites (tertiary alicyclic amines) is 1. The second-order valence-corrected chi connectivity index (χ2v) is 6.38. The number of benzene rings is 1. The summed E-state index contributed by atoms with van der Waals surface area (Å²) in [6, 6.07) is 9.59. The van der Waals surface area contributed by atoms with Gasteiger partial charge in [-0.2, -0.15) is 0 Å². The van der Waals surface area contributed by atoms with Crippen LogP contribution >= 0.6 is 0 Å². The van der Waals surface area contributed by atoms with Crippen molar-refractivity contribution in [3.63, 3.8) is 0 Å². The molecule has 3 rings (SSSR count). The summed E-state index contributed by atoms with van der Waals surface area (Å²) in [4.78, 5) is 14.8. The molecule has 1 amide bonds. The Bertz CT molecular complexity index is 481. The number of amides is 1. The van der Waals surface area contributed by atoms with E-state index in [0.717, 1.165) is 44.5 Å². The summed E-state index contributed by atoms with van der Waals surface area (Å²) >= 11 is 0. The normalized spacial score (nSPS) is 25.7. The molecule has 114 valence electrons. The minimum absolute atomic E-state index is 0.0180. The van der Waals surface area contributed by atoms with E-state index < -0.39 is 0 Å². The fourth-order valence-electron chi connectivity index (χ4n) is 3.52. The third kappa shape index (κ3) is 3.11. The molecule has 2 saturated heterocycles. The second-order valence-electron chi connectivity index (χ2n) is 6.38. The van der Waals surface area contributed by atoms with Crippen LogP contribution in [0.15, 0.2) is 30.3 Å². The molecule has 1 spiro atoms. The van der Waals surface area contributed by atoms with E-state index in [1.807, 2.05) is 30.3 Å². The maximum Gasteiger partial charge on any atom is 0.251 e. The molecule has 1 atom stereocenters. The van der Waals surface area contributed by atoms with E-state index in [4.69, 9.17) is 4.74 Å². The minimum Gasteiger partial charge on any atom is -0.379 e. The van der Waals surface area contributed by atoms with Crippen molar-refractivity contribution in [1.29, 1.82) is 0 Å². The molecule has 2 aliphatic heterocycles. The molecule has 4 nitrogen and oxygen atoms in total. The van der Waals surface area contributed by atoms with E-state index in [9.17, 15) is 4.79 Å². The number of piperidine rings is 1. The summed E-state index contributed by atoms with van der Waals surface area (Å²) in [6.07, 6.45) is 3.35. The first kappa shape index (κ1) is 14.5. The van der Waals surface area contributed by atoms with Crippen LogP contribution in [0.1, 0.15) is 29.6 Å². The van der Waals surface area contributed by atoms with E-state index >= 15 is 0 Å². The van der Waals surface area contributed by atoms with Crippen LogP contribution in [-0.4, -0.2) is 50.2 Å². The van der Waals surface area contributed by atoms with Crippen molar-refractivity contribution in [2.75, 3.05) is 33.4 Å². The summed E-state index contributed by atoms with van der Waals surface area (Å²) in [5.41, 5.74) is 0.945. The largest absolute Gasteiger partial charge is 0.379 e. The average Bonchev–Trinajstić information content (AvgIpc) is 2.53. The Morgan fingerprint density at radius 1 is 1.24 bits per heavy atom. The van der Waals surface area contributed by atoms with Crippen molar-refractivity contribution >= 4 is 5.91 Å². The lowest BCUT2D eigenvalue weighted by Crippen LogP contribution is -2.57. The minimum atomic E-state index is 0.0180. The van der Waals surface area contributed by atoms with Gasteiger partial charge in [0.2, 0.25) is 0 Å². The quantitative estimate of drug-likeness (QED) is 0.904. The SMILES string of the molecule is CN1CCC2(CCOC[C@@H]2NC(=O)c2ccccc2)CC1. The number of carbonyl (C=O) groups excluding carboxylic acids is 1. The van der Waals surface area contributed by atoms with E-state index in [0.29, 0.717) is 6.61 Å². The maximum atomic E-state index is 12.4. The molecular formula is C17H24N2O2. The lowest BCUT2D eigenvalue weighted by Gasteiger charge is -2.48. The van der Waals surface area contributed by atoms with Crippen molar-refractivity contribution in [1.82, 2.24) is 10.2 Å². The maximum absolute atomic E-state index is 12.4. The Morgan fingerprint density at radius 2 is 1.95 bits per heavy atom. The van der Waals surface area contributed by atoms with Gasteiger partial charge in [0.05, 0.1) is 12.6 Å². The molecular weight excluding hydrogens is 264 g/mol. The zero-order valence-electron chi connectivity index (χ0n) is 12.7. The van der Waals surface area contributed by atoms with Gasteiger partial charge in [-0.3, -0.25) is 4.79 Å². The Kier molecular flexibility index (Phi) is 4.27. The van der Waals surface area contributed by atoms with Crippen LogP contribution in [0.3, 0.4) is 0 Å². The number of ether oxygens (including phenoxy) is 1. The topological polar surface area (TPSA) is 41.6 Å². The number of nitrogens with one attached hydrogen (secondary N) is 1. The molecule has 0 bridgehead atoms. The van der Waals surface area contributed by atoms with Crippen LogP contribution in [0.2, 0.25) is 0 Å². The molecule has 2 fully saturated rings. The predicted octanol–water partition coefficient (Wildman–Crippen LogP) is 1.92. The molecule has 2 heterocycles. The second kappa shape index (κ2) is 6.16. The fourth-order valence-corrected chi connectivity index (χ4v) is 3.52. The molecule has 0 aromatic heterocycles. The molecule has 0 unspecified atom stereocenters. The monoisotopic (exact) mass is 288 g/mol. The Balaban J connectivity index is 1.71. The van der Waals surface area contributed by atoms with Gasteiger partial charge in [-0.1, -0.05) is 18.2 Å². The van der Waals surface area contributed by atoms with Gasteiger partial charge < -0.3 is 15.0 Å². The molecule has 2 aliphatic rings. The number of rotatable bonds is 2. The molecule has 1 aromatic rings. The molecule has 1 aromatic carbocycles. The lowest BCUT2D eigenvalue weighted by molar-refractivity contribution is -0.0449. The first-order valence-corrected chi connectivity index (χ1v) is 7.82. The van der Waals surface area contributed by atoms with Crippen molar-refractivity contribution in [2.24, 2.45) is 5.41 Å². The summed E-state index contributed by atoms with van der Waals surface area (Å²) in [5.74, 6) is 0.0180. The number of hydrogen-bond donors (Lipinski definition) is 1. The first-order valence-electron chi connectivity index (χ1n) is 7.82. The molecule has 0 radical (unpaired) electrons. The van der Waals surface area contributed by atoms with Crippen molar-refractivity contribution in [3.8, 4) is 0 Å². The van der Waals surface area contributed by atoms with Gasteiger partial charge in [-0.05, 0) is 56.9 Å². The zero-order valence-corrected chi connectivity index (χ0v) is 12.7. The van der Waals surface area contributed by atoms with E-state index in [1.165, 1.54) is 0 Å². The van der Waals surface area contributed by atoms with Gasteiger partial charge in [0.15, 0.2) is 0 Å². The predicted molar refractivity (Wildman–Crippen MR) is 82.3 cm³/mol. The average molecular weight is 288 g/mol.